The van der Waals surface area contributed by atoms with Crippen LogP contribution in [0, 0.1) is 17.8 Å². The molecule has 3 aliphatic rings. The number of amides is 2. The Balaban J connectivity index is 1.78. The van der Waals surface area contributed by atoms with Gasteiger partial charge in [0.2, 0.25) is 11.8 Å². The fourth-order valence-corrected chi connectivity index (χ4v) is 7.43. The Hall–Kier alpha value is -2.49. The van der Waals surface area contributed by atoms with Crippen LogP contribution < -0.4 is 0 Å². The van der Waals surface area contributed by atoms with Crippen molar-refractivity contribution >= 4 is 33.7 Å². The molecule has 1 spiro atoms. The first-order chi connectivity index (χ1) is 18.7. The molecule has 1 aromatic carbocycles. The molecule has 0 aromatic heterocycles. The maximum absolute atomic E-state index is 14.5. The molecular weight excluding hydrogens is 564 g/mol. The van der Waals surface area contributed by atoms with Crippen molar-refractivity contribution in [2.75, 3.05) is 19.8 Å². The molecule has 0 saturated carbocycles. The Labute approximate surface area is 239 Å². The molecule has 3 saturated heterocycles. The molecule has 8 atom stereocenters. The number of ether oxygens (including phenoxy) is 2. The molecular formula is C30H39BrN2O6. The van der Waals surface area contributed by atoms with Gasteiger partial charge in [0, 0.05) is 17.9 Å². The number of carbonyl (C=O) groups is 3. The van der Waals surface area contributed by atoms with Crippen molar-refractivity contribution in [3.63, 3.8) is 0 Å². The van der Waals surface area contributed by atoms with Gasteiger partial charge in [-0.3, -0.25) is 14.4 Å². The number of halogens is 1. The third-order valence-corrected chi connectivity index (χ3v) is 9.37. The third-order valence-electron chi connectivity index (χ3n) is 8.52. The average molecular weight is 604 g/mol. The van der Waals surface area contributed by atoms with Crippen molar-refractivity contribution in [2.45, 2.75) is 68.3 Å². The first-order valence-electron chi connectivity index (χ1n) is 13.7. The quantitative estimate of drug-likeness (QED) is 0.161. The second-order valence-electron chi connectivity index (χ2n) is 10.8. The molecule has 4 rings (SSSR count). The average Bonchev–Trinajstić information content (AvgIpc) is 3.52. The van der Waals surface area contributed by atoms with E-state index in [1.807, 2.05) is 44.2 Å². The van der Waals surface area contributed by atoms with Gasteiger partial charge in [-0.1, -0.05) is 78.7 Å². The highest BCUT2D eigenvalue weighted by Crippen LogP contribution is 2.61. The van der Waals surface area contributed by atoms with Gasteiger partial charge in [0.05, 0.1) is 37.2 Å². The number of likely N-dealkylation sites (tertiary alicyclic amines) is 1. The van der Waals surface area contributed by atoms with Crippen LogP contribution in [-0.4, -0.2) is 81.1 Å². The van der Waals surface area contributed by atoms with E-state index in [0.717, 1.165) is 5.56 Å². The maximum atomic E-state index is 14.5. The topological polar surface area (TPSA) is 96.4 Å². The highest BCUT2D eigenvalue weighted by molar-refractivity contribution is 9.09. The normalized spacial score (nSPS) is 30.5. The zero-order valence-corrected chi connectivity index (χ0v) is 24.3. The number of hydrogen-bond acceptors (Lipinski definition) is 6. The SMILES string of the molecule is C=CCCOC(=O)[C@H]1[C@H]2C(=O)N([C@@H](CO)[C@@H](C)CC)C(C(=O)N(CC=C)Cc3ccccc3)C23CC(Br)[C@@H]1O3. The van der Waals surface area contributed by atoms with Gasteiger partial charge in [-0.25, -0.2) is 0 Å². The van der Waals surface area contributed by atoms with Gasteiger partial charge in [-0.2, -0.15) is 0 Å². The summed E-state index contributed by atoms with van der Waals surface area (Å²) in [5.41, 5.74) is -0.275. The molecule has 212 valence electrons. The standard InChI is InChI=1S/C30H39BrN2O6/c1-5-8-15-38-29(37)23-24-27(35)33(22(18-34)19(4)7-3)26(30(24)16-21(31)25(23)39-30)28(36)32(14-6-2)17-20-12-10-9-11-13-20/h5-6,9-13,19,21-26,34H,1-2,7-8,14-18H2,3-4H3/t19-,21?,22-,23-,24-,25-,26?,30?/m0/s1. The summed E-state index contributed by atoms with van der Waals surface area (Å²) in [6.45, 7) is 11.9. The fourth-order valence-electron chi connectivity index (χ4n) is 6.49. The van der Waals surface area contributed by atoms with Crippen molar-refractivity contribution in [1.82, 2.24) is 9.80 Å². The summed E-state index contributed by atoms with van der Waals surface area (Å²) in [6.07, 6.45) is 4.32. The molecule has 2 amide bonds. The number of carbonyl (C=O) groups excluding carboxylic acids is 3. The zero-order valence-electron chi connectivity index (χ0n) is 22.7. The van der Waals surface area contributed by atoms with Crippen molar-refractivity contribution in [3.8, 4) is 0 Å². The summed E-state index contributed by atoms with van der Waals surface area (Å²) >= 11 is 3.68. The molecule has 3 fully saturated rings. The highest BCUT2D eigenvalue weighted by Gasteiger charge is 2.77. The summed E-state index contributed by atoms with van der Waals surface area (Å²) in [6, 6.07) is 8.02. The van der Waals surface area contributed by atoms with E-state index in [4.69, 9.17) is 9.47 Å². The Morgan fingerprint density at radius 3 is 2.64 bits per heavy atom. The molecule has 3 heterocycles. The Morgan fingerprint density at radius 2 is 2.03 bits per heavy atom. The minimum atomic E-state index is -1.22. The van der Waals surface area contributed by atoms with Crippen LogP contribution in [0.2, 0.25) is 0 Å². The van der Waals surface area contributed by atoms with Crippen LogP contribution in [0.25, 0.3) is 0 Å². The van der Waals surface area contributed by atoms with Gasteiger partial charge < -0.3 is 24.4 Å². The molecule has 3 aliphatic heterocycles. The molecule has 0 radical (unpaired) electrons. The predicted molar refractivity (Wildman–Crippen MR) is 151 cm³/mol. The lowest BCUT2D eigenvalue weighted by Gasteiger charge is -2.41. The largest absolute Gasteiger partial charge is 0.465 e. The predicted octanol–water partition coefficient (Wildman–Crippen LogP) is 3.48. The summed E-state index contributed by atoms with van der Waals surface area (Å²) in [4.78, 5) is 45.2. The van der Waals surface area contributed by atoms with Crippen LogP contribution in [0.5, 0.6) is 0 Å². The van der Waals surface area contributed by atoms with Crippen LogP contribution >= 0.6 is 15.9 Å². The number of nitrogens with zero attached hydrogens (tertiary/aromatic N) is 2. The molecule has 3 unspecified atom stereocenters. The molecule has 1 N–H and O–H groups in total. The van der Waals surface area contributed by atoms with E-state index in [1.54, 1.807) is 17.1 Å². The number of rotatable bonds is 13. The van der Waals surface area contributed by atoms with E-state index in [1.165, 1.54) is 4.90 Å². The Kier molecular flexibility index (Phi) is 9.34. The molecule has 1 aromatic rings. The van der Waals surface area contributed by atoms with Crippen molar-refractivity contribution < 1.29 is 29.0 Å². The summed E-state index contributed by atoms with van der Waals surface area (Å²) in [5.74, 6) is -2.92. The van der Waals surface area contributed by atoms with E-state index in [0.29, 0.717) is 25.8 Å². The molecule has 8 nitrogen and oxygen atoms in total. The lowest BCUT2D eigenvalue weighted by atomic mass is 9.70. The van der Waals surface area contributed by atoms with E-state index in [2.05, 4.69) is 29.1 Å². The van der Waals surface area contributed by atoms with E-state index >= 15 is 0 Å². The van der Waals surface area contributed by atoms with E-state index in [-0.39, 0.29) is 42.3 Å². The van der Waals surface area contributed by atoms with Gasteiger partial charge in [-0.05, 0) is 24.3 Å². The van der Waals surface area contributed by atoms with Gasteiger partial charge >= 0.3 is 5.97 Å². The maximum Gasteiger partial charge on any atom is 0.312 e. The van der Waals surface area contributed by atoms with E-state index in [9.17, 15) is 19.5 Å². The smallest absolute Gasteiger partial charge is 0.312 e. The summed E-state index contributed by atoms with van der Waals surface area (Å²) < 4.78 is 12.1. The Bertz CT molecular complexity index is 1080. The van der Waals surface area contributed by atoms with Crippen molar-refractivity contribution in [3.05, 3.63) is 61.2 Å². The fraction of sp³-hybridized carbons (Fsp3) is 0.567. The molecule has 39 heavy (non-hydrogen) atoms. The number of fused-ring (bicyclic) bond motifs is 1. The van der Waals surface area contributed by atoms with Crippen molar-refractivity contribution in [2.24, 2.45) is 17.8 Å². The highest BCUT2D eigenvalue weighted by atomic mass is 79.9. The number of esters is 1. The first kappa shape index (κ1) is 29.5. The number of aliphatic hydroxyl groups is 1. The van der Waals surface area contributed by atoms with Crippen LogP contribution in [0.1, 0.15) is 38.7 Å². The second-order valence-corrected chi connectivity index (χ2v) is 12.0. The van der Waals surface area contributed by atoms with Gasteiger partial charge in [0.25, 0.3) is 0 Å². The summed E-state index contributed by atoms with van der Waals surface area (Å²) in [5, 5.41) is 10.5. The molecule has 2 bridgehead atoms. The van der Waals surface area contributed by atoms with Crippen LogP contribution in [0.15, 0.2) is 55.6 Å². The monoisotopic (exact) mass is 602 g/mol. The van der Waals surface area contributed by atoms with Gasteiger partial charge in [0.15, 0.2) is 0 Å². The van der Waals surface area contributed by atoms with Gasteiger partial charge in [-0.15, -0.1) is 13.2 Å². The lowest BCUT2D eigenvalue weighted by molar-refractivity contribution is -0.157. The van der Waals surface area contributed by atoms with E-state index < -0.39 is 41.6 Å². The third kappa shape index (κ3) is 5.21. The van der Waals surface area contributed by atoms with Crippen LogP contribution in [0.3, 0.4) is 0 Å². The Morgan fingerprint density at radius 1 is 1.31 bits per heavy atom. The zero-order chi connectivity index (χ0) is 28.3. The number of hydrogen-bond donors (Lipinski definition) is 1. The second kappa shape index (κ2) is 12.4. The van der Waals surface area contributed by atoms with Crippen LogP contribution in [-0.2, 0) is 30.4 Å². The minimum absolute atomic E-state index is 0.0820. The molecule has 9 heteroatoms. The number of aliphatic hydroxyl groups excluding tert-OH is 1. The van der Waals surface area contributed by atoms with Crippen molar-refractivity contribution in [1.29, 1.82) is 0 Å². The van der Waals surface area contributed by atoms with Crippen LogP contribution in [0.4, 0.5) is 0 Å². The number of alkyl halides is 1. The number of benzene rings is 1. The van der Waals surface area contributed by atoms with Gasteiger partial charge in [0.1, 0.15) is 11.6 Å². The summed E-state index contributed by atoms with van der Waals surface area (Å²) in [7, 11) is 0. The lowest BCUT2D eigenvalue weighted by Crippen LogP contribution is -2.59. The minimum Gasteiger partial charge on any atom is -0.465 e. The first-order valence-corrected chi connectivity index (χ1v) is 14.6. The molecule has 0 aliphatic carbocycles.